The normalized spacial score (nSPS) is 15.9. The summed E-state index contributed by atoms with van der Waals surface area (Å²) in [4.78, 5) is 55.2. The molecule has 0 spiro atoms. The highest BCUT2D eigenvalue weighted by atomic mass is 35.5. The number of aryl methyl sites for hydroxylation is 1. The molecule has 2 N–H and O–H groups in total. The van der Waals surface area contributed by atoms with Crippen molar-refractivity contribution in [1.29, 1.82) is 0 Å². The molecule has 0 aliphatic carbocycles. The molecule has 2 aliphatic rings. The van der Waals surface area contributed by atoms with E-state index in [1.54, 1.807) is 47.9 Å². The Morgan fingerprint density at radius 2 is 1.70 bits per heavy atom. The first kappa shape index (κ1) is 38.6. The van der Waals surface area contributed by atoms with Crippen LogP contribution in [0.15, 0.2) is 53.6 Å². The summed E-state index contributed by atoms with van der Waals surface area (Å²) in [5.41, 5.74) is 0.406. The number of pyridine rings is 1. The van der Waals surface area contributed by atoms with Crippen LogP contribution < -0.4 is 15.6 Å². The van der Waals surface area contributed by atoms with Crippen LogP contribution in [0.4, 0.5) is 33.3 Å². The highest BCUT2D eigenvalue weighted by Gasteiger charge is 2.43. The molecule has 7 rings (SSSR count). The zero-order chi connectivity index (χ0) is 40.1. The number of benzene rings is 2. The molecule has 2 aliphatic heterocycles. The Morgan fingerprint density at radius 3 is 2.32 bits per heavy atom. The molecule has 0 bridgehead atoms. The van der Waals surface area contributed by atoms with Gasteiger partial charge in [-0.05, 0) is 49.2 Å². The number of carbonyl (C=O) groups is 2. The maximum atomic E-state index is 14.3. The minimum atomic E-state index is -4.64. The molecule has 3 aromatic heterocycles. The van der Waals surface area contributed by atoms with Crippen molar-refractivity contribution >= 4 is 46.0 Å². The van der Waals surface area contributed by atoms with Gasteiger partial charge < -0.3 is 24.8 Å². The van der Waals surface area contributed by atoms with Gasteiger partial charge in [-0.15, -0.1) is 15.0 Å². The number of carbonyl (C=O) groups excluding carboxylic acids is 2. The third-order valence-corrected chi connectivity index (χ3v) is 9.98. The first-order chi connectivity index (χ1) is 26.5. The van der Waals surface area contributed by atoms with E-state index in [0.29, 0.717) is 24.0 Å². The van der Waals surface area contributed by atoms with E-state index in [-0.39, 0.29) is 90.4 Å². The van der Waals surface area contributed by atoms with Gasteiger partial charge in [0.05, 0.1) is 40.7 Å². The second-order valence-electron chi connectivity index (χ2n) is 13.6. The summed E-state index contributed by atoms with van der Waals surface area (Å²) in [5, 5.41) is 21.7. The molecule has 294 valence electrons. The fourth-order valence-corrected chi connectivity index (χ4v) is 7.07. The third kappa shape index (κ3) is 7.60. The molecule has 2 aromatic carbocycles. The van der Waals surface area contributed by atoms with Crippen LogP contribution in [0.2, 0.25) is 5.02 Å². The molecule has 5 heterocycles. The van der Waals surface area contributed by atoms with Crippen molar-refractivity contribution < 1.29 is 36.6 Å². The predicted octanol–water partition coefficient (Wildman–Crippen LogP) is 4.67. The smallest absolute Gasteiger partial charge is 0.416 e. The van der Waals surface area contributed by atoms with Gasteiger partial charge in [0.25, 0.3) is 11.8 Å². The number of amides is 2. The molecule has 56 heavy (non-hydrogen) atoms. The number of piperazine rings is 1. The Bertz CT molecular complexity index is 2390. The number of halogens is 6. The van der Waals surface area contributed by atoms with Gasteiger partial charge in [0, 0.05) is 38.4 Å². The van der Waals surface area contributed by atoms with Crippen molar-refractivity contribution in [3.05, 3.63) is 92.2 Å². The largest absolute Gasteiger partial charge is 0.504 e. The van der Waals surface area contributed by atoms with E-state index in [0.717, 1.165) is 17.7 Å². The SMILES string of the molecule is CCc1c(N2CCN(C(=O)c3ncnc(C)c3O)CC2)c(=O)c2nn(-c3ccc(CN4CC(F)(F)C4)cc3)nc2n1CC(=O)Nc1ccc(C(F)(F)F)cc1Cl. The van der Waals surface area contributed by atoms with Crippen LogP contribution in [0.25, 0.3) is 16.9 Å². The topological polar surface area (TPSA) is 155 Å². The lowest BCUT2D eigenvalue weighted by molar-refractivity contribution is -0.137. The lowest BCUT2D eigenvalue weighted by Gasteiger charge is -2.38. The lowest BCUT2D eigenvalue weighted by atomic mass is 10.1. The molecular weight excluding hydrogens is 767 g/mol. The fourth-order valence-electron chi connectivity index (χ4n) is 6.84. The van der Waals surface area contributed by atoms with Gasteiger partial charge in [0.1, 0.15) is 18.6 Å². The van der Waals surface area contributed by atoms with Crippen LogP contribution in [-0.4, -0.2) is 101 Å². The van der Waals surface area contributed by atoms with E-state index in [1.165, 1.54) is 20.6 Å². The minimum absolute atomic E-state index is 0.0552. The first-order valence-corrected chi connectivity index (χ1v) is 17.8. The summed E-state index contributed by atoms with van der Waals surface area (Å²) in [6.45, 7) is 3.24. The van der Waals surface area contributed by atoms with Gasteiger partial charge in [-0.3, -0.25) is 19.3 Å². The third-order valence-electron chi connectivity index (χ3n) is 9.66. The highest BCUT2D eigenvalue weighted by molar-refractivity contribution is 6.33. The van der Waals surface area contributed by atoms with E-state index < -0.39 is 41.5 Å². The van der Waals surface area contributed by atoms with Crippen LogP contribution in [0.3, 0.4) is 0 Å². The second kappa shape index (κ2) is 14.8. The van der Waals surface area contributed by atoms with E-state index in [4.69, 9.17) is 11.6 Å². The number of likely N-dealkylation sites (tertiary alicyclic amines) is 1. The zero-order valence-electron chi connectivity index (χ0n) is 29.9. The second-order valence-corrected chi connectivity index (χ2v) is 14.0. The summed E-state index contributed by atoms with van der Waals surface area (Å²) < 4.78 is 68.0. The molecule has 2 amide bonds. The number of anilines is 2. The highest BCUT2D eigenvalue weighted by Crippen LogP contribution is 2.34. The van der Waals surface area contributed by atoms with Gasteiger partial charge >= 0.3 is 6.18 Å². The summed E-state index contributed by atoms with van der Waals surface area (Å²) >= 11 is 6.13. The molecule has 14 nitrogen and oxygen atoms in total. The predicted molar refractivity (Wildman–Crippen MR) is 194 cm³/mol. The average molecular weight is 801 g/mol. The van der Waals surface area contributed by atoms with Crippen LogP contribution in [-0.2, 0) is 30.5 Å². The van der Waals surface area contributed by atoms with Crippen LogP contribution in [0.1, 0.15) is 39.9 Å². The lowest BCUT2D eigenvalue weighted by Crippen LogP contribution is -2.55. The van der Waals surface area contributed by atoms with E-state index in [9.17, 15) is 41.4 Å². The van der Waals surface area contributed by atoms with E-state index >= 15 is 0 Å². The fraction of sp³-hybridized carbons (Fsp3) is 0.361. The van der Waals surface area contributed by atoms with Crippen molar-refractivity contribution in [2.45, 2.75) is 45.5 Å². The summed E-state index contributed by atoms with van der Waals surface area (Å²) in [6.07, 6.45) is -3.22. The van der Waals surface area contributed by atoms with Gasteiger partial charge in [0.2, 0.25) is 11.3 Å². The maximum absolute atomic E-state index is 14.3. The van der Waals surface area contributed by atoms with Crippen LogP contribution in [0, 0.1) is 6.92 Å². The Kier molecular flexibility index (Phi) is 10.2. The summed E-state index contributed by atoms with van der Waals surface area (Å²) in [6, 6.07) is 9.37. The quantitative estimate of drug-likeness (QED) is 0.201. The molecule has 5 aromatic rings. The molecule has 0 saturated carbocycles. The van der Waals surface area contributed by atoms with Crippen molar-refractivity contribution in [1.82, 2.24) is 39.3 Å². The molecule has 20 heteroatoms. The number of hydrogen-bond donors (Lipinski definition) is 2. The van der Waals surface area contributed by atoms with E-state index in [2.05, 4.69) is 25.5 Å². The molecule has 2 saturated heterocycles. The number of rotatable bonds is 9. The van der Waals surface area contributed by atoms with Crippen LogP contribution >= 0.6 is 11.6 Å². The van der Waals surface area contributed by atoms with E-state index in [1.807, 2.05) is 0 Å². The standard InChI is InChI=1S/C36H34ClF5N10O4/c1-3-26-30(49-10-12-50(13-11-49)34(56)29-31(54)20(2)43-19-44-29)32(55)28-33(51(26)16-27(53)45-25-9-6-22(14-24(25)37)36(40,41)42)47-52(46-28)23-7-4-21(5-8-23)15-48-17-35(38,39)18-48/h4-9,14,19,54H,3,10-13,15-18H2,1-2H3,(H,45,53). The van der Waals surface area contributed by atoms with Crippen molar-refractivity contribution in [2.75, 3.05) is 49.5 Å². The number of nitrogens with zero attached hydrogens (tertiary/aromatic N) is 9. The number of aromatic hydroxyl groups is 1. The van der Waals surface area contributed by atoms with Gasteiger partial charge in [-0.1, -0.05) is 30.7 Å². The Labute approximate surface area is 320 Å². The Balaban J connectivity index is 1.22. The molecule has 0 radical (unpaired) electrons. The summed E-state index contributed by atoms with van der Waals surface area (Å²) in [7, 11) is 0. The molecule has 0 unspecified atom stereocenters. The minimum Gasteiger partial charge on any atom is -0.504 e. The summed E-state index contributed by atoms with van der Waals surface area (Å²) in [5.74, 6) is -4.21. The van der Waals surface area contributed by atoms with Crippen LogP contribution in [0.5, 0.6) is 5.75 Å². The average Bonchev–Trinajstić information content (AvgIpc) is 3.60. The van der Waals surface area contributed by atoms with Crippen molar-refractivity contribution in [2.24, 2.45) is 0 Å². The van der Waals surface area contributed by atoms with Gasteiger partial charge in [-0.2, -0.15) is 13.2 Å². The molecule has 0 atom stereocenters. The monoisotopic (exact) mass is 800 g/mol. The number of alkyl halides is 5. The molecule has 2 fully saturated rings. The Morgan fingerprint density at radius 1 is 1.00 bits per heavy atom. The number of fused-ring (bicyclic) bond motifs is 1. The maximum Gasteiger partial charge on any atom is 0.416 e. The van der Waals surface area contributed by atoms with Gasteiger partial charge in [0.15, 0.2) is 22.6 Å². The van der Waals surface area contributed by atoms with Crippen molar-refractivity contribution in [3.8, 4) is 11.4 Å². The number of nitrogens with one attached hydrogen (secondary N) is 1. The zero-order valence-corrected chi connectivity index (χ0v) is 30.7. The first-order valence-electron chi connectivity index (χ1n) is 17.5. The Hall–Kier alpha value is -5.69. The van der Waals surface area contributed by atoms with Crippen molar-refractivity contribution in [3.63, 3.8) is 0 Å². The molecular formula is C36H34ClF5N10O4. The number of hydrogen-bond acceptors (Lipinski definition) is 10. The van der Waals surface area contributed by atoms with Gasteiger partial charge in [-0.25, -0.2) is 18.7 Å². The number of aromatic nitrogens is 6.